The summed E-state index contributed by atoms with van der Waals surface area (Å²) in [5, 5.41) is 0. The van der Waals surface area contributed by atoms with Crippen LogP contribution in [0.15, 0.2) is 12.2 Å². The van der Waals surface area contributed by atoms with Gasteiger partial charge in [-0.1, -0.05) is 13.5 Å². The topological polar surface area (TPSA) is 26.3 Å². The molecule has 0 heterocycles. The van der Waals surface area contributed by atoms with Gasteiger partial charge in [0, 0.05) is 12.0 Å². The van der Waals surface area contributed by atoms with Crippen LogP contribution in [-0.4, -0.2) is 37.3 Å². The molecule has 0 radical (unpaired) electrons. The van der Waals surface area contributed by atoms with Gasteiger partial charge in [-0.15, -0.1) is 0 Å². The van der Waals surface area contributed by atoms with E-state index in [4.69, 9.17) is 4.74 Å². The van der Waals surface area contributed by atoms with Crippen molar-refractivity contribution < 1.29 is 14.0 Å². The molecule has 3 nitrogen and oxygen atoms in total. The molecule has 82 valence electrons. The SMILES string of the molecule is C=C(C)C(=O)OC(CC)[N+](C)(C)CC. The predicted molar refractivity (Wildman–Crippen MR) is 57.6 cm³/mol. The van der Waals surface area contributed by atoms with Crippen molar-refractivity contribution in [1.82, 2.24) is 0 Å². The van der Waals surface area contributed by atoms with E-state index in [9.17, 15) is 4.79 Å². The minimum absolute atomic E-state index is 0.0794. The Labute approximate surface area is 86.9 Å². The summed E-state index contributed by atoms with van der Waals surface area (Å²) in [7, 11) is 4.11. The van der Waals surface area contributed by atoms with Crippen LogP contribution in [0.4, 0.5) is 0 Å². The second kappa shape index (κ2) is 5.15. The van der Waals surface area contributed by atoms with Gasteiger partial charge in [0.25, 0.3) is 0 Å². The summed E-state index contributed by atoms with van der Waals surface area (Å²) in [6.45, 7) is 10.3. The number of rotatable bonds is 5. The minimum Gasteiger partial charge on any atom is -0.409 e. The van der Waals surface area contributed by atoms with Crippen molar-refractivity contribution in [2.45, 2.75) is 33.4 Å². The van der Waals surface area contributed by atoms with Gasteiger partial charge in [-0.25, -0.2) is 4.79 Å². The summed E-state index contributed by atoms with van der Waals surface area (Å²) in [6.07, 6.45) is 0.740. The molecule has 1 unspecified atom stereocenters. The number of hydrogen-bond donors (Lipinski definition) is 0. The molecule has 0 N–H and O–H groups in total. The van der Waals surface area contributed by atoms with Crippen LogP contribution in [0.5, 0.6) is 0 Å². The van der Waals surface area contributed by atoms with Gasteiger partial charge in [0.05, 0.1) is 20.6 Å². The van der Waals surface area contributed by atoms with E-state index in [2.05, 4.69) is 27.6 Å². The zero-order valence-electron chi connectivity index (χ0n) is 9.96. The molecule has 3 heteroatoms. The summed E-state index contributed by atoms with van der Waals surface area (Å²) >= 11 is 0. The first-order chi connectivity index (χ1) is 6.35. The Balaban J connectivity index is 4.44. The molecular weight excluding hydrogens is 178 g/mol. The summed E-state index contributed by atoms with van der Waals surface area (Å²) in [5.41, 5.74) is 0.458. The van der Waals surface area contributed by atoms with Crippen molar-refractivity contribution in [3.63, 3.8) is 0 Å². The van der Waals surface area contributed by atoms with Gasteiger partial charge in [0.2, 0.25) is 6.23 Å². The zero-order chi connectivity index (χ0) is 11.4. The van der Waals surface area contributed by atoms with Crippen LogP contribution in [0.1, 0.15) is 27.2 Å². The average molecular weight is 200 g/mol. The Morgan fingerprint density at radius 3 is 2.21 bits per heavy atom. The summed E-state index contributed by atoms with van der Waals surface area (Å²) < 4.78 is 6.04. The lowest BCUT2D eigenvalue weighted by molar-refractivity contribution is -0.933. The standard InChI is InChI=1S/C11H22NO2/c1-7-10(12(5,6)8-2)14-11(13)9(3)4/h10H,3,7-8H2,1-2,4-6H3/q+1. The van der Waals surface area contributed by atoms with E-state index in [1.54, 1.807) is 6.92 Å². The quantitative estimate of drug-likeness (QED) is 0.293. The molecule has 0 saturated carbocycles. The number of esters is 1. The van der Waals surface area contributed by atoms with Crippen LogP contribution in [0.25, 0.3) is 0 Å². The molecule has 0 aromatic carbocycles. The molecule has 0 aliphatic rings. The summed E-state index contributed by atoms with van der Waals surface area (Å²) in [5.74, 6) is -0.295. The van der Waals surface area contributed by atoms with Gasteiger partial charge in [0.15, 0.2) is 0 Å². The fourth-order valence-corrected chi connectivity index (χ4v) is 1.15. The zero-order valence-corrected chi connectivity index (χ0v) is 9.96. The molecule has 0 aliphatic heterocycles. The Bertz CT molecular complexity index is 221. The van der Waals surface area contributed by atoms with E-state index in [0.29, 0.717) is 10.1 Å². The van der Waals surface area contributed by atoms with Crippen molar-refractivity contribution in [3.05, 3.63) is 12.2 Å². The molecule has 0 spiro atoms. The fourth-order valence-electron chi connectivity index (χ4n) is 1.15. The molecule has 14 heavy (non-hydrogen) atoms. The Morgan fingerprint density at radius 1 is 1.43 bits per heavy atom. The van der Waals surface area contributed by atoms with Gasteiger partial charge in [0.1, 0.15) is 0 Å². The third kappa shape index (κ3) is 3.50. The molecule has 0 saturated heterocycles. The largest absolute Gasteiger partial charge is 0.409 e. The molecule has 0 rings (SSSR count). The first-order valence-corrected chi connectivity index (χ1v) is 5.04. The van der Waals surface area contributed by atoms with E-state index in [1.165, 1.54) is 0 Å². The smallest absolute Gasteiger partial charge is 0.337 e. The highest BCUT2D eigenvalue weighted by Gasteiger charge is 2.28. The van der Waals surface area contributed by atoms with Crippen molar-refractivity contribution >= 4 is 5.97 Å². The average Bonchev–Trinajstić information content (AvgIpc) is 2.13. The Kier molecular flexibility index (Phi) is 4.85. The molecule has 0 aliphatic carbocycles. The lowest BCUT2D eigenvalue weighted by Crippen LogP contribution is -2.50. The first kappa shape index (κ1) is 13.2. The van der Waals surface area contributed by atoms with Crippen LogP contribution >= 0.6 is 0 Å². The molecule has 0 bridgehead atoms. The summed E-state index contributed by atoms with van der Waals surface area (Å²) in [4.78, 5) is 11.3. The van der Waals surface area contributed by atoms with Gasteiger partial charge < -0.3 is 4.74 Å². The van der Waals surface area contributed by atoms with Crippen molar-refractivity contribution in [2.24, 2.45) is 0 Å². The third-order valence-corrected chi connectivity index (χ3v) is 2.54. The van der Waals surface area contributed by atoms with Crippen molar-refractivity contribution in [3.8, 4) is 0 Å². The predicted octanol–water partition coefficient (Wildman–Crippen LogP) is 1.94. The number of quaternary nitrogens is 1. The monoisotopic (exact) mass is 200 g/mol. The molecule has 0 aromatic rings. The van der Waals surface area contributed by atoms with Crippen molar-refractivity contribution in [2.75, 3.05) is 20.6 Å². The maximum Gasteiger partial charge on any atom is 0.337 e. The van der Waals surface area contributed by atoms with E-state index in [0.717, 1.165) is 13.0 Å². The highest BCUT2D eigenvalue weighted by molar-refractivity contribution is 5.86. The number of carbonyl (C=O) groups is 1. The van der Waals surface area contributed by atoms with E-state index in [-0.39, 0.29) is 12.2 Å². The number of hydrogen-bond acceptors (Lipinski definition) is 2. The van der Waals surface area contributed by atoms with E-state index < -0.39 is 0 Å². The number of nitrogens with zero attached hydrogens (tertiary/aromatic N) is 1. The lowest BCUT2D eigenvalue weighted by atomic mass is 10.3. The Hall–Kier alpha value is -0.830. The molecule has 0 amide bonds. The van der Waals surface area contributed by atoms with Crippen LogP contribution in [-0.2, 0) is 9.53 Å². The highest BCUT2D eigenvalue weighted by Crippen LogP contribution is 2.13. The molecule has 0 aromatic heterocycles. The summed E-state index contributed by atoms with van der Waals surface area (Å²) in [6, 6.07) is 0. The lowest BCUT2D eigenvalue weighted by Gasteiger charge is -2.35. The van der Waals surface area contributed by atoms with E-state index >= 15 is 0 Å². The van der Waals surface area contributed by atoms with Crippen LogP contribution in [0.3, 0.4) is 0 Å². The number of ether oxygens (including phenoxy) is 1. The maximum absolute atomic E-state index is 11.3. The maximum atomic E-state index is 11.3. The van der Waals surface area contributed by atoms with Gasteiger partial charge in [-0.05, 0) is 13.8 Å². The fraction of sp³-hybridized carbons (Fsp3) is 0.727. The van der Waals surface area contributed by atoms with Gasteiger partial charge in [-0.3, -0.25) is 4.48 Å². The highest BCUT2D eigenvalue weighted by atomic mass is 16.6. The molecule has 1 atom stereocenters. The minimum atomic E-state index is -0.295. The first-order valence-electron chi connectivity index (χ1n) is 5.04. The molecule has 0 fully saturated rings. The second-order valence-corrected chi connectivity index (χ2v) is 4.14. The Morgan fingerprint density at radius 2 is 1.93 bits per heavy atom. The van der Waals surface area contributed by atoms with Crippen LogP contribution in [0.2, 0.25) is 0 Å². The normalized spacial score (nSPS) is 13.5. The van der Waals surface area contributed by atoms with Gasteiger partial charge >= 0.3 is 5.97 Å². The molecular formula is C11H22NO2+. The van der Waals surface area contributed by atoms with Crippen LogP contribution < -0.4 is 0 Å². The van der Waals surface area contributed by atoms with Gasteiger partial charge in [-0.2, -0.15) is 0 Å². The van der Waals surface area contributed by atoms with Crippen LogP contribution in [0, 0.1) is 0 Å². The van der Waals surface area contributed by atoms with E-state index in [1.807, 2.05) is 6.92 Å². The van der Waals surface area contributed by atoms with Crippen molar-refractivity contribution in [1.29, 1.82) is 0 Å². The number of carbonyl (C=O) groups excluding carboxylic acids is 1. The second-order valence-electron chi connectivity index (χ2n) is 4.14. The third-order valence-electron chi connectivity index (χ3n) is 2.54.